The summed E-state index contributed by atoms with van der Waals surface area (Å²) < 4.78 is 0. The van der Waals surface area contributed by atoms with Crippen LogP contribution in [0.4, 0.5) is 5.95 Å². The molecule has 0 aliphatic heterocycles. The highest BCUT2D eigenvalue weighted by Crippen LogP contribution is 2.25. The second kappa shape index (κ2) is 6.55. The van der Waals surface area contributed by atoms with Gasteiger partial charge in [-0.05, 0) is 31.4 Å². The molecular formula is C19H23N5O. The molecule has 2 aromatic heterocycles. The normalized spacial score (nSPS) is 12.2. The molecule has 0 bridgehead atoms. The van der Waals surface area contributed by atoms with Crippen LogP contribution >= 0.6 is 0 Å². The van der Waals surface area contributed by atoms with Crippen molar-refractivity contribution < 1.29 is 4.79 Å². The summed E-state index contributed by atoms with van der Waals surface area (Å²) in [6.45, 7) is 3.84. The fourth-order valence-corrected chi connectivity index (χ4v) is 2.78. The number of nitrogens with one attached hydrogen (secondary N) is 1. The molecule has 0 saturated heterocycles. The molecule has 0 aliphatic carbocycles. The molecule has 0 fully saturated rings. The minimum absolute atomic E-state index is 0.0889. The third-order valence-electron chi connectivity index (χ3n) is 4.50. The Bertz CT molecular complexity index is 882. The third kappa shape index (κ3) is 3.20. The van der Waals surface area contributed by atoms with Crippen molar-refractivity contribution in [1.29, 1.82) is 0 Å². The number of hydrogen-bond donors (Lipinski definition) is 1. The van der Waals surface area contributed by atoms with Gasteiger partial charge in [-0.15, -0.1) is 0 Å². The lowest BCUT2D eigenvalue weighted by molar-refractivity contribution is 0.0738. The number of carbonyl (C=O) groups is 1. The molecule has 6 heteroatoms. The Morgan fingerprint density at radius 1 is 1.20 bits per heavy atom. The number of carbonyl (C=O) groups excluding carboxylic acids is 1. The molecule has 1 aromatic carbocycles. The monoisotopic (exact) mass is 337 g/mol. The first-order valence-corrected chi connectivity index (χ1v) is 8.24. The highest BCUT2D eigenvalue weighted by molar-refractivity contribution is 5.95. The molecule has 1 amide bonds. The van der Waals surface area contributed by atoms with Gasteiger partial charge in [0.25, 0.3) is 5.91 Å². The molecule has 0 spiro atoms. The zero-order chi connectivity index (χ0) is 18.1. The third-order valence-corrected chi connectivity index (χ3v) is 4.50. The van der Waals surface area contributed by atoms with Crippen LogP contribution in [0, 0.1) is 6.92 Å². The lowest BCUT2D eigenvalue weighted by Crippen LogP contribution is -2.31. The maximum atomic E-state index is 12.9. The SMILES string of the molecule is Cc1nc(N(C)C)ncc1C(=O)N(C)[C@H](C)c1cc2ccccc2[nH]1. The van der Waals surface area contributed by atoms with E-state index in [1.807, 2.05) is 51.0 Å². The Labute approximate surface area is 147 Å². The number of nitrogens with zero attached hydrogens (tertiary/aromatic N) is 4. The van der Waals surface area contributed by atoms with Gasteiger partial charge in [0, 0.05) is 38.6 Å². The maximum Gasteiger partial charge on any atom is 0.257 e. The van der Waals surface area contributed by atoms with Crippen molar-refractivity contribution >= 4 is 22.8 Å². The Kier molecular flexibility index (Phi) is 4.44. The van der Waals surface area contributed by atoms with Crippen molar-refractivity contribution in [3.8, 4) is 0 Å². The van der Waals surface area contributed by atoms with Gasteiger partial charge >= 0.3 is 0 Å². The quantitative estimate of drug-likeness (QED) is 0.794. The second-order valence-corrected chi connectivity index (χ2v) is 6.47. The highest BCUT2D eigenvalue weighted by Gasteiger charge is 2.22. The van der Waals surface area contributed by atoms with E-state index in [9.17, 15) is 4.79 Å². The average molecular weight is 337 g/mol. The summed E-state index contributed by atoms with van der Waals surface area (Å²) in [5.41, 5.74) is 3.27. The first-order valence-electron chi connectivity index (χ1n) is 8.24. The summed E-state index contributed by atoms with van der Waals surface area (Å²) in [5.74, 6) is 0.509. The van der Waals surface area contributed by atoms with Crippen LogP contribution in [0.1, 0.15) is 34.7 Å². The van der Waals surface area contributed by atoms with Crippen LogP contribution in [0.15, 0.2) is 36.5 Å². The van der Waals surface area contributed by atoms with Gasteiger partial charge in [-0.3, -0.25) is 4.79 Å². The minimum atomic E-state index is -0.0900. The van der Waals surface area contributed by atoms with E-state index in [0.29, 0.717) is 17.2 Å². The zero-order valence-electron chi connectivity index (χ0n) is 15.2. The Morgan fingerprint density at radius 2 is 1.92 bits per heavy atom. The summed E-state index contributed by atoms with van der Waals surface area (Å²) >= 11 is 0. The number of anilines is 1. The molecule has 0 radical (unpaired) electrons. The Hall–Kier alpha value is -2.89. The van der Waals surface area contributed by atoms with E-state index < -0.39 is 0 Å². The largest absolute Gasteiger partial charge is 0.357 e. The molecule has 1 atom stereocenters. The van der Waals surface area contributed by atoms with Crippen LogP contribution in [0.5, 0.6) is 0 Å². The van der Waals surface area contributed by atoms with E-state index in [1.54, 1.807) is 18.1 Å². The van der Waals surface area contributed by atoms with E-state index in [-0.39, 0.29) is 11.9 Å². The molecule has 0 saturated carbocycles. The van der Waals surface area contributed by atoms with Gasteiger partial charge in [0.1, 0.15) is 0 Å². The first-order chi connectivity index (χ1) is 11.9. The number of para-hydroxylation sites is 1. The fraction of sp³-hybridized carbons (Fsp3) is 0.316. The molecule has 3 aromatic rings. The standard InChI is InChI=1S/C19H23N5O/c1-12-15(11-20-19(21-12)23(3)4)18(25)24(5)13(2)17-10-14-8-6-7-9-16(14)22-17/h6-11,13,22H,1-5H3/t13-/m1/s1. The number of amides is 1. The number of H-pyrrole nitrogens is 1. The molecule has 3 rings (SSSR count). The van der Waals surface area contributed by atoms with Crippen molar-refractivity contribution in [3.05, 3.63) is 53.5 Å². The maximum absolute atomic E-state index is 12.9. The highest BCUT2D eigenvalue weighted by atomic mass is 16.2. The summed E-state index contributed by atoms with van der Waals surface area (Å²) in [4.78, 5) is 28.5. The van der Waals surface area contributed by atoms with Crippen LogP contribution < -0.4 is 4.90 Å². The van der Waals surface area contributed by atoms with Crippen molar-refractivity contribution in [3.63, 3.8) is 0 Å². The number of rotatable bonds is 4. The number of aromatic nitrogens is 3. The first kappa shape index (κ1) is 17.0. The van der Waals surface area contributed by atoms with Crippen LogP contribution in [-0.2, 0) is 0 Å². The summed E-state index contributed by atoms with van der Waals surface area (Å²) in [7, 11) is 5.55. The molecule has 25 heavy (non-hydrogen) atoms. The molecule has 0 aliphatic rings. The lowest BCUT2D eigenvalue weighted by Gasteiger charge is -2.25. The predicted molar refractivity (Wildman–Crippen MR) is 99.9 cm³/mol. The number of aryl methyl sites for hydroxylation is 1. The van der Waals surface area contributed by atoms with Crippen molar-refractivity contribution in [2.24, 2.45) is 0 Å². The molecule has 130 valence electrons. The van der Waals surface area contributed by atoms with Crippen LogP contribution in [0.3, 0.4) is 0 Å². The van der Waals surface area contributed by atoms with Gasteiger partial charge in [-0.2, -0.15) is 0 Å². The lowest BCUT2D eigenvalue weighted by atomic mass is 10.1. The predicted octanol–water partition coefficient (Wildman–Crippen LogP) is 3.17. The molecule has 0 unspecified atom stereocenters. The number of hydrogen-bond acceptors (Lipinski definition) is 4. The van der Waals surface area contributed by atoms with Crippen molar-refractivity contribution in [2.75, 3.05) is 26.0 Å². The summed E-state index contributed by atoms with van der Waals surface area (Å²) in [6.07, 6.45) is 1.61. The van der Waals surface area contributed by atoms with E-state index in [0.717, 1.165) is 16.6 Å². The van der Waals surface area contributed by atoms with Crippen molar-refractivity contribution in [2.45, 2.75) is 19.9 Å². The molecule has 1 N–H and O–H groups in total. The minimum Gasteiger partial charge on any atom is -0.357 e. The topological polar surface area (TPSA) is 65.1 Å². The summed E-state index contributed by atoms with van der Waals surface area (Å²) in [5, 5.41) is 1.14. The van der Waals surface area contributed by atoms with Crippen LogP contribution in [0.25, 0.3) is 10.9 Å². The van der Waals surface area contributed by atoms with E-state index in [2.05, 4.69) is 27.1 Å². The van der Waals surface area contributed by atoms with Gasteiger partial charge in [-0.25, -0.2) is 9.97 Å². The van der Waals surface area contributed by atoms with Gasteiger partial charge in [-0.1, -0.05) is 18.2 Å². The molecular weight excluding hydrogens is 314 g/mol. The Morgan fingerprint density at radius 3 is 2.56 bits per heavy atom. The van der Waals surface area contributed by atoms with Crippen LogP contribution in [-0.4, -0.2) is 46.9 Å². The van der Waals surface area contributed by atoms with E-state index in [4.69, 9.17) is 0 Å². The van der Waals surface area contributed by atoms with Gasteiger partial charge in [0.15, 0.2) is 0 Å². The number of benzene rings is 1. The van der Waals surface area contributed by atoms with Crippen molar-refractivity contribution in [1.82, 2.24) is 19.9 Å². The van der Waals surface area contributed by atoms with E-state index in [1.165, 1.54) is 0 Å². The second-order valence-electron chi connectivity index (χ2n) is 6.47. The van der Waals surface area contributed by atoms with E-state index >= 15 is 0 Å². The van der Waals surface area contributed by atoms with Gasteiger partial charge in [0.05, 0.1) is 17.3 Å². The average Bonchev–Trinajstić information content (AvgIpc) is 3.03. The van der Waals surface area contributed by atoms with Crippen LogP contribution in [0.2, 0.25) is 0 Å². The number of aromatic amines is 1. The molecule has 2 heterocycles. The Balaban J connectivity index is 1.86. The van der Waals surface area contributed by atoms with Gasteiger partial charge in [0.2, 0.25) is 5.95 Å². The number of fused-ring (bicyclic) bond motifs is 1. The molecule has 6 nitrogen and oxygen atoms in total. The zero-order valence-corrected chi connectivity index (χ0v) is 15.2. The summed E-state index contributed by atoms with van der Waals surface area (Å²) in [6, 6.07) is 10.1. The smallest absolute Gasteiger partial charge is 0.257 e. The van der Waals surface area contributed by atoms with Gasteiger partial charge < -0.3 is 14.8 Å². The fourth-order valence-electron chi connectivity index (χ4n) is 2.78.